The molecule has 1 aromatic carbocycles. The number of halogens is 1. The highest BCUT2D eigenvalue weighted by Crippen LogP contribution is 2.20. The van der Waals surface area contributed by atoms with Crippen molar-refractivity contribution in [1.29, 1.82) is 0 Å². The van der Waals surface area contributed by atoms with Gasteiger partial charge in [-0.15, -0.1) is 11.3 Å². The minimum absolute atomic E-state index is 0.656. The molecule has 0 aliphatic rings. The van der Waals surface area contributed by atoms with Crippen molar-refractivity contribution >= 4 is 39.7 Å². The fraction of sp³-hybridized carbons (Fsp3) is 0.0833. The lowest BCUT2D eigenvalue weighted by molar-refractivity contribution is 1.10. The van der Waals surface area contributed by atoms with Crippen LogP contribution < -0.4 is 5.32 Å². The summed E-state index contributed by atoms with van der Waals surface area (Å²) < 4.78 is 0.705. The molecule has 0 bridgehead atoms. The van der Waals surface area contributed by atoms with Gasteiger partial charge in [-0.05, 0) is 18.2 Å². The molecule has 0 atom stereocenters. The van der Waals surface area contributed by atoms with Gasteiger partial charge in [0.05, 0.1) is 23.8 Å². The zero-order valence-electron chi connectivity index (χ0n) is 9.30. The van der Waals surface area contributed by atoms with E-state index in [0.717, 1.165) is 21.7 Å². The molecule has 0 saturated heterocycles. The van der Waals surface area contributed by atoms with Gasteiger partial charge < -0.3 is 5.32 Å². The second-order valence-corrected chi connectivity index (χ2v) is 5.42. The molecule has 0 fully saturated rings. The average Bonchev–Trinajstić information content (AvgIpc) is 2.82. The highest BCUT2D eigenvalue weighted by atomic mass is 35.5. The van der Waals surface area contributed by atoms with Crippen molar-refractivity contribution in [1.82, 2.24) is 15.0 Å². The van der Waals surface area contributed by atoms with Crippen LogP contribution in [-0.4, -0.2) is 15.0 Å². The maximum atomic E-state index is 5.83. The van der Waals surface area contributed by atoms with E-state index in [-0.39, 0.29) is 0 Å². The second kappa shape index (κ2) is 4.88. The van der Waals surface area contributed by atoms with Crippen LogP contribution in [0.2, 0.25) is 4.34 Å². The van der Waals surface area contributed by atoms with Crippen LogP contribution in [0.15, 0.2) is 36.8 Å². The van der Waals surface area contributed by atoms with E-state index in [1.165, 1.54) is 11.3 Å². The minimum Gasteiger partial charge on any atom is -0.378 e. The fourth-order valence-corrected chi connectivity index (χ4v) is 2.52. The Morgan fingerprint density at radius 3 is 2.72 bits per heavy atom. The van der Waals surface area contributed by atoms with Gasteiger partial charge in [0.25, 0.3) is 0 Å². The van der Waals surface area contributed by atoms with Gasteiger partial charge in [-0.1, -0.05) is 11.6 Å². The van der Waals surface area contributed by atoms with Crippen LogP contribution >= 0.6 is 22.9 Å². The number of fused-ring (bicyclic) bond motifs is 1. The normalized spacial score (nSPS) is 10.7. The molecule has 18 heavy (non-hydrogen) atoms. The lowest BCUT2D eigenvalue weighted by Crippen LogP contribution is -1.98. The average molecular weight is 277 g/mol. The summed E-state index contributed by atoms with van der Waals surface area (Å²) in [4.78, 5) is 12.7. The molecule has 2 aromatic heterocycles. The van der Waals surface area contributed by atoms with Gasteiger partial charge in [0.1, 0.15) is 9.34 Å². The zero-order valence-corrected chi connectivity index (χ0v) is 10.9. The van der Waals surface area contributed by atoms with E-state index in [2.05, 4.69) is 20.3 Å². The Kier molecular flexibility index (Phi) is 3.08. The molecule has 0 unspecified atom stereocenters. The molecular weight excluding hydrogens is 268 g/mol. The molecule has 0 aliphatic heterocycles. The largest absolute Gasteiger partial charge is 0.378 e. The molecule has 0 spiro atoms. The number of anilines is 1. The third-order valence-corrected chi connectivity index (χ3v) is 3.55. The van der Waals surface area contributed by atoms with Gasteiger partial charge in [-0.3, -0.25) is 9.97 Å². The molecular formula is C12H9ClN4S. The van der Waals surface area contributed by atoms with Gasteiger partial charge in [0, 0.05) is 18.1 Å². The molecule has 6 heteroatoms. The predicted molar refractivity (Wildman–Crippen MR) is 74.0 cm³/mol. The summed E-state index contributed by atoms with van der Waals surface area (Å²) in [7, 11) is 0. The van der Waals surface area contributed by atoms with Gasteiger partial charge in [0.2, 0.25) is 0 Å². The Balaban J connectivity index is 1.78. The van der Waals surface area contributed by atoms with E-state index in [1.807, 2.05) is 18.2 Å². The standard InChI is InChI=1S/C12H9ClN4S/c13-11-6-17-12(18-11)7-16-8-1-2-9-10(5-8)15-4-3-14-9/h1-6,16H,7H2. The molecule has 2 heterocycles. The highest BCUT2D eigenvalue weighted by Gasteiger charge is 2.01. The van der Waals surface area contributed by atoms with Crippen molar-refractivity contribution in [2.24, 2.45) is 0 Å². The molecule has 1 N–H and O–H groups in total. The van der Waals surface area contributed by atoms with Gasteiger partial charge in [-0.25, -0.2) is 4.98 Å². The molecule has 0 aliphatic carbocycles. The third kappa shape index (κ3) is 2.42. The zero-order chi connectivity index (χ0) is 12.4. The maximum Gasteiger partial charge on any atom is 0.113 e. The van der Waals surface area contributed by atoms with Crippen molar-refractivity contribution in [2.45, 2.75) is 6.54 Å². The van der Waals surface area contributed by atoms with Crippen LogP contribution in [0.3, 0.4) is 0 Å². The molecule has 3 rings (SSSR count). The molecule has 4 nitrogen and oxygen atoms in total. The summed E-state index contributed by atoms with van der Waals surface area (Å²) in [6.45, 7) is 0.656. The quantitative estimate of drug-likeness (QED) is 0.797. The first-order valence-corrected chi connectivity index (χ1v) is 6.55. The minimum atomic E-state index is 0.656. The molecule has 90 valence electrons. The summed E-state index contributed by atoms with van der Waals surface area (Å²) in [6, 6.07) is 5.89. The monoisotopic (exact) mass is 276 g/mol. The second-order valence-electron chi connectivity index (χ2n) is 3.67. The Labute approximate surface area is 113 Å². The van der Waals surface area contributed by atoms with E-state index in [0.29, 0.717) is 10.9 Å². The van der Waals surface area contributed by atoms with Crippen molar-refractivity contribution in [2.75, 3.05) is 5.32 Å². The van der Waals surface area contributed by atoms with Crippen molar-refractivity contribution in [3.8, 4) is 0 Å². The Morgan fingerprint density at radius 1 is 1.11 bits per heavy atom. The molecule has 0 radical (unpaired) electrons. The van der Waals surface area contributed by atoms with Gasteiger partial charge in [-0.2, -0.15) is 0 Å². The summed E-state index contributed by atoms with van der Waals surface area (Å²) in [6.07, 6.45) is 5.04. The van der Waals surface area contributed by atoms with Crippen LogP contribution in [0.25, 0.3) is 11.0 Å². The van der Waals surface area contributed by atoms with Crippen molar-refractivity contribution in [3.63, 3.8) is 0 Å². The van der Waals surface area contributed by atoms with Crippen LogP contribution in [0.1, 0.15) is 5.01 Å². The summed E-state index contributed by atoms with van der Waals surface area (Å²) in [5, 5.41) is 4.25. The van der Waals surface area contributed by atoms with E-state index in [1.54, 1.807) is 18.6 Å². The first-order chi connectivity index (χ1) is 8.81. The van der Waals surface area contributed by atoms with Crippen molar-refractivity contribution < 1.29 is 0 Å². The number of benzene rings is 1. The molecule has 0 amide bonds. The Bertz CT molecular complexity index is 682. The predicted octanol–water partition coefficient (Wildman–Crippen LogP) is 3.35. The number of aromatic nitrogens is 3. The van der Waals surface area contributed by atoms with Crippen LogP contribution in [0.4, 0.5) is 5.69 Å². The first-order valence-electron chi connectivity index (χ1n) is 5.36. The first kappa shape index (κ1) is 11.4. The topological polar surface area (TPSA) is 50.7 Å². The van der Waals surface area contributed by atoms with Crippen molar-refractivity contribution in [3.05, 3.63) is 46.1 Å². The molecule has 3 aromatic rings. The summed E-state index contributed by atoms with van der Waals surface area (Å²) in [5.41, 5.74) is 2.76. The number of nitrogens with zero attached hydrogens (tertiary/aromatic N) is 3. The highest BCUT2D eigenvalue weighted by molar-refractivity contribution is 7.15. The van der Waals surface area contributed by atoms with Gasteiger partial charge >= 0.3 is 0 Å². The van der Waals surface area contributed by atoms with Crippen LogP contribution in [0, 0.1) is 0 Å². The number of nitrogens with one attached hydrogen (secondary N) is 1. The Morgan fingerprint density at radius 2 is 1.94 bits per heavy atom. The number of rotatable bonds is 3. The number of thiazole rings is 1. The van der Waals surface area contributed by atoms with Crippen LogP contribution in [0.5, 0.6) is 0 Å². The summed E-state index contributed by atoms with van der Waals surface area (Å²) >= 11 is 7.30. The lowest BCUT2D eigenvalue weighted by Gasteiger charge is -2.04. The van der Waals surface area contributed by atoms with E-state index in [4.69, 9.17) is 11.6 Å². The number of hydrogen-bond acceptors (Lipinski definition) is 5. The maximum absolute atomic E-state index is 5.83. The number of hydrogen-bond donors (Lipinski definition) is 1. The Hall–Kier alpha value is -1.72. The smallest absolute Gasteiger partial charge is 0.113 e. The van der Waals surface area contributed by atoms with Crippen LogP contribution in [-0.2, 0) is 6.54 Å². The lowest BCUT2D eigenvalue weighted by atomic mass is 10.2. The summed E-state index contributed by atoms with van der Waals surface area (Å²) in [5.74, 6) is 0. The third-order valence-electron chi connectivity index (χ3n) is 2.44. The van der Waals surface area contributed by atoms with E-state index < -0.39 is 0 Å². The molecule has 0 saturated carbocycles. The van der Waals surface area contributed by atoms with Gasteiger partial charge in [0.15, 0.2) is 0 Å². The van der Waals surface area contributed by atoms with E-state index >= 15 is 0 Å². The SMILES string of the molecule is Clc1cnc(CNc2ccc3nccnc3c2)s1. The van der Waals surface area contributed by atoms with E-state index in [9.17, 15) is 0 Å². The fourth-order valence-electron chi connectivity index (χ4n) is 1.62.